The molecule has 2 aromatic heterocycles. The number of fused-ring (bicyclic) bond motifs is 1. The molecule has 0 aliphatic heterocycles. The lowest BCUT2D eigenvalue weighted by Crippen LogP contribution is -2.32. The topological polar surface area (TPSA) is 81.3 Å². The van der Waals surface area contributed by atoms with Crippen molar-refractivity contribution in [2.75, 3.05) is 0 Å². The molecule has 0 bridgehead atoms. The number of hydrogen-bond donors (Lipinski definition) is 1. The highest BCUT2D eigenvalue weighted by atomic mass is 35.5. The summed E-state index contributed by atoms with van der Waals surface area (Å²) in [6, 6.07) is 9.50. The number of alkyl halides is 3. The van der Waals surface area contributed by atoms with Crippen LogP contribution in [0.4, 0.5) is 17.6 Å². The van der Waals surface area contributed by atoms with Gasteiger partial charge in [0.05, 0.1) is 5.56 Å². The van der Waals surface area contributed by atoms with Crippen molar-refractivity contribution in [1.29, 1.82) is 0 Å². The second-order valence-corrected chi connectivity index (χ2v) is 7.85. The largest absolute Gasteiger partial charge is 0.416 e. The van der Waals surface area contributed by atoms with Crippen LogP contribution in [0, 0.1) is 12.7 Å². The van der Waals surface area contributed by atoms with Crippen molar-refractivity contribution < 1.29 is 22.4 Å². The van der Waals surface area contributed by atoms with Gasteiger partial charge in [0.2, 0.25) is 5.91 Å². The maximum absolute atomic E-state index is 13.2. The van der Waals surface area contributed by atoms with E-state index in [4.69, 9.17) is 11.6 Å². The molecule has 12 heteroatoms. The first-order valence-corrected chi connectivity index (χ1v) is 10.3. The Balaban J connectivity index is 1.61. The smallest absolute Gasteiger partial charge is 0.350 e. The van der Waals surface area contributed by atoms with Crippen molar-refractivity contribution in [3.8, 4) is 11.4 Å². The molecular formula is C22H16ClF4N5O2. The van der Waals surface area contributed by atoms with E-state index in [1.165, 1.54) is 30.3 Å². The summed E-state index contributed by atoms with van der Waals surface area (Å²) in [6.07, 6.45) is -4.50. The van der Waals surface area contributed by atoms with E-state index >= 15 is 0 Å². The van der Waals surface area contributed by atoms with E-state index < -0.39 is 35.7 Å². The van der Waals surface area contributed by atoms with Gasteiger partial charge in [0.25, 0.3) is 0 Å². The number of benzene rings is 2. The highest BCUT2D eigenvalue weighted by molar-refractivity contribution is 6.31. The highest BCUT2D eigenvalue weighted by Crippen LogP contribution is 2.30. The predicted octanol–water partition coefficient (Wildman–Crippen LogP) is 3.99. The fraction of sp³-hybridized carbons (Fsp3) is 0.182. The molecule has 7 nitrogen and oxygen atoms in total. The Morgan fingerprint density at radius 1 is 1.12 bits per heavy atom. The molecule has 0 aliphatic carbocycles. The first kappa shape index (κ1) is 23.4. The van der Waals surface area contributed by atoms with E-state index in [-0.39, 0.29) is 28.6 Å². The fourth-order valence-corrected chi connectivity index (χ4v) is 3.54. The van der Waals surface area contributed by atoms with Crippen molar-refractivity contribution in [1.82, 2.24) is 24.5 Å². The standard InChI is InChI=1S/C22H16ClF4N5O2/c1-12-8-18-30-31(11-19(33)28-10-14-4-7-16(24)9-17(14)23)21(34)32(18)20(29-12)13-2-5-15(6-3-13)22(25,26)27/h2-9H,10-11H2,1H3,(H,28,33). The molecule has 1 amide bonds. The van der Waals surface area contributed by atoms with Gasteiger partial charge in [0, 0.05) is 28.9 Å². The summed E-state index contributed by atoms with van der Waals surface area (Å²) in [5.41, 5.74) is -0.0906. The van der Waals surface area contributed by atoms with Gasteiger partial charge in [0.15, 0.2) is 5.65 Å². The van der Waals surface area contributed by atoms with Crippen molar-refractivity contribution in [3.63, 3.8) is 0 Å². The number of carbonyl (C=O) groups excluding carboxylic acids is 1. The van der Waals surface area contributed by atoms with Crippen molar-refractivity contribution in [2.24, 2.45) is 0 Å². The second kappa shape index (κ2) is 8.90. The van der Waals surface area contributed by atoms with Crippen LogP contribution in [0.3, 0.4) is 0 Å². The van der Waals surface area contributed by atoms with Crippen LogP contribution in [-0.4, -0.2) is 25.1 Å². The lowest BCUT2D eigenvalue weighted by Gasteiger charge is -2.08. The van der Waals surface area contributed by atoms with E-state index in [0.29, 0.717) is 11.3 Å². The molecule has 0 spiro atoms. The molecule has 176 valence electrons. The van der Waals surface area contributed by atoms with Crippen LogP contribution in [-0.2, 0) is 24.1 Å². The number of aromatic nitrogens is 4. The number of hydrogen-bond acceptors (Lipinski definition) is 4. The Hall–Kier alpha value is -3.73. The number of rotatable bonds is 5. The number of halogens is 5. The zero-order chi connectivity index (χ0) is 24.6. The molecule has 0 atom stereocenters. The Labute approximate surface area is 194 Å². The molecule has 4 aromatic rings. The summed E-state index contributed by atoms with van der Waals surface area (Å²) >= 11 is 5.95. The monoisotopic (exact) mass is 493 g/mol. The van der Waals surface area contributed by atoms with Gasteiger partial charge in [0.1, 0.15) is 18.2 Å². The minimum absolute atomic E-state index is 0.0114. The molecule has 0 fully saturated rings. The quantitative estimate of drug-likeness (QED) is 0.426. The molecule has 34 heavy (non-hydrogen) atoms. The summed E-state index contributed by atoms with van der Waals surface area (Å²) in [4.78, 5) is 29.6. The van der Waals surface area contributed by atoms with Crippen LogP contribution in [0.2, 0.25) is 5.02 Å². The van der Waals surface area contributed by atoms with Crippen molar-refractivity contribution >= 4 is 23.2 Å². The second-order valence-electron chi connectivity index (χ2n) is 7.44. The van der Waals surface area contributed by atoms with Gasteiger partial charge >= 0.3 is 11.9 Å². The Bertz CT molecular complexity index is 1440. The number of nitrogens with zero attached hydrogens (tertiary/aromatic N) is 4. The van der Waals surface area contributed by atoms with Crippen molar-refractivity contribution in [2.45, 2.75) is 26.2 Å². The molecule has 0 radical (unpaired) electrons. The zero-order valence-electron chi connectivity index (χ0n) is 17.5. The molecule has 0 unspecified atom stereocenters. The summed E-state index contributed by atoms with van der Waals surface area (Å²) in [6.45, 7) is 1.23. The van der Waals surface area contributed by atoms with Gasteiger partial charge in [-0.3, -0.25) is 4.79 Å². The molecular weight excluding hydrogens is 478 g/mol. The average Bonchev–Trinajstić information content (AvgIpc) is 3.06. The average molecular weight is 494 g/mol. The van der Waals surface area contributed by atoms with E-state index in [1.807, 2.05) is 0 Å². The van der Waals surface area contributed by atoms with Crippen molar-refractivity contribution in [3.05, 3.63) is 86.7 Å². The molecule has 0 saturated heterocycles. The van der Waals surface area contributed by atoms with E-state index in [2.05, 4.69) is 15.4 Å². The summed E-state index contributed by atoms with van der Waals surface area (Å²) in [5.74, 6) is -0.964. The van der Waals surface area contributed by atoms with Crippen LogP contribution in [0.15, 0.2) is 53.3 Å². The van der Waals surface area contributed by atoms with Crippen LogP contribution >= 0.6 is 11.6 Å². The summed E-state index contributed by atoms with van der Waals surface area (Å²) in [5, 5.41) is 6.88. The summed E-state index contributed by atoms with van der Waals surface area (Å²) in [7, 11) is 0. The van der Waals surface area contributed by atoms with Gasteiger partial charge in [-0.2, -0.15) is 13.2 Å². The third-order valence-corrected chi connectivity index (χ3v) is 5.30. The molecule has 4 rings (SSSR count). The number of aryl methyl sites for hydroxylation is 1. The Morgan fingerprint density at radius 2 is 1.82 bits per heavy atom. The summed E-state index contributed by atoms with van der Waals surface area (Å²) < 4.78 is 53.9. The predicted molar refractivity (Wildman–Crippen MR) is 116 cm³/mol. The van der Waals surface area contributed by atoms with Crippen LogP contribution in [0.25, 0.3) is 17.0 Å². The maximum Gasteiger partial charge on any atom is 0.416 e. The van der Waals surface area contributed by atoms with Crippen LogP contribution in [0.1, 0.15) is 16.8 Å². The maximum atomic E-state index is 13.2. The SMILES string of the molecule is Cc1cc2nn(CC(=O)NCc3ccc(F)cc3Cl)c(=O)n2c(-c2ccc(C(F)(F)F)cc2)n1. The Morgan fingerprint density at radius 3 is 2.47 bits per heavy atom. The lowest BCUT2D eigenvalue weighted by molar-refractivity contribution is -0.137. The third-order valence-electron chi connectivity index (χ3n) is 4.95. The number of nitrogens with one attached hydrogen (secondary N) is 1. The minimum Gasteiger partial charge on any atom is -0.350 e. The fourth-order valence-electron chi connectivity index (χ4n) is 3.31. The van der Waals surface area contributed by atoms with Crippen LogP contribution in [0.5, 0.6) is 0 Å². The van der Waals surface area contributed by atoms with Crippen LogP contribution < -0.4 is 11.0 Å². The minimum atomic E-state index is -4.50. The van der Waals surface area contributed by atoms with Gasteiger partial charge < -0.3 is 5.32 Å². The third kappa shape index (κ3) is 4.79. The molecule has 0 aliphatic rings. The van der Waals surface area contributed by atoms with Gasteiger partial charge in [-0.25, -0.2) is 23.3 Å². The normalized spacial score (nSPS) is 11.7. The van der Waals surface area contributed by atoms with E-state index in [1.54, 1.807) is 6.92 Å². The van der Waals surface area contributed by atoms with E-state index in [0.717, 1.165) is 27.3 Å². The number of carbonyl (C=O) groups is 1. The first-order valence-electron chi connectivity index (χ1n) is 9.88. The lowest BCUT2D eigenvalue weighted by atomic mass is 10.1. The van der Waals surface area contributed by atoms with Gasteiger partial charge in [-0.1, -0.05) is 29.8 Å². The number of amides is 1. The van der Waals surface area contributed by atoms with Gasteiger partial charge in [-0.05, 0) is 36.8 Å². The first-order chi connectivity index (χ1) is 16.0. The zero-order valence-corrected chi connectivity index (χ0v) is 18.3. The Kier molecular flexibility index (Phi) is 6.13. The van der Waals surface area contributed by atoms with E-state index in [9.17, 15) is 27.2 Å². The highest BCUT2D eigenvalue weighted by Gasteiger charge is 2.30. The molecule has 1 N–H and O–H groups in total. The molecule has 2 aromatic carbocycles. The molecule has 0 saturated carbocycles. The van der Waals surface area contributed by atoms with Gasteiger partial charge in [-0.15, -0.1) is 5.10 Å². The molecule has 2 heterocycles.